The molecule has 164 valence electrons. The van der Waals surface area contributed by atoms with Crippen molar-refractivity contribution in [2.75, 3.05) is 44.2 Å². The molecule has 1 saturated heterocycles. The van der Waals surface area contributed by atoms with Crippen LogP contribution in [0.1, 0.15) is 37.3 Å². The predicted molar refractivity (Wildman–Crippen MR) is 117 cm³/mol. The zero-order valence-electron chi connectivity index (χ0n) is 17.7. The second-order valence-electron chi connectivity index (χ2n) is 7.50. The molecule has 2 unspecified atom stereocenters. The van der Waals surface area contributed by atoms with E-state index >= 15 is 0 Å². The zero-order chi connectivity index (χ0) is 21.6. The van der Waals surface area contributed by atoms with Gasteiger partial charge in [0.1, 0.15) is 11.8 Å². The quantitative estimate of drug-likeness (QED) is 0.653. The molecule has 8 heteroatoms. The summed E-state index contributed by atoms with van der Waals surface area (Å²) in [5, 5.41) is 3.11. The molecule has 0 bridgehead atoms. The van der Waals surface area contributed by atoms with Crippen molar-refractivity contribution >= 4 is 15.7 Å². The number of amides is 1. The van der Waals surface area contributed by atoms with Gasteiger partial charge in [0.15, 0.2) is 9.84 Å². The van der Waals surface area contributed by atoms with E-state index in [-0.39, 0.29) is 23.5 Å². The fourth-order valence-corrected chi connectivity index (χ4v) is 5.23. The van der Waals surface area contributed by atoms with Gasteiger partial charge in [0, 0.05) is 19.6 Å². The molecule has 3 rings (SSSR count). The van der Waals surface area contributed by atoms with Gasteiger partial charge in [-0.3, -0.25) is 14.6 Å². The van der Waals surface area contributed by atoms with Crippen molar-refractivity contribution < 1.29 is 17.6 Å². The van der Waals surface area contributed by atoms with E-state index in [1.165, 1.54) is 0 Å². The SMILES string of the molecule is CCN(CC)C(CNC(=O)C(c1ccccc1)N1CCS(=O)(=O)CC1)c1ccco1. The molecule has 1 aliphatic heterocycles. The normalized spacial score (nSPS) is 18.8. The fraction of sp³-hybridized carbons (Fsp3) is 0.500. The maximum absolute atomic E-state index is 13.3. The Hall–Kier alpha value is -2.16. The van der Waals surface area contributed by atoms with Crippen LogP contribution in [0.25, 0.3) is 0 Å². The highest BCUT2D eigenvalue weighted by molar-refractivity contribution is 7.91. The Morgan fingerprint density at radius 2 is 1.77 bits per heavy atom. The maximum Gasteiger partial charge on any atom is 0.242 e. The summed E-state index contributed by atoms with van der Waals surface area (Å²) in [6.45, 7) is 6.97. The van der Waals surface area contributed by atoms with Crippen molar-refractivity contribution in [1.29, 1.82) is 0 Å². The Bertz CT molecular complexity index is 882. The first-order valence-corrected chi connectivity index (χ1v) is 12.3. The van der Waals surface area contributed by atoms with Crippen LogP contribution in [-0.4, -0.2) is 68.4 Å². The lowest BCUT2D eigenvalue weighted by Crippen LogP contribution is -2.48. The molecular weight excluding hydrogens is 402 g/mol. The molecule has 1 fully saturated rings. The van der Waals surface area contributed by atoms with Crippen molar-refractivity contribution in [2.24, 2.45) is 0 Å². The van der Waals surface area contributed by atoms with Gasteiger partial charge in [0.2, 0.25) is 5.91 Å². The van der Waals surface area contributed by atoms with Crippen molar-refractivity contribution in [3.05, 3.63) is 60.1 Å². The van der Waals surface area contributed by atoms with E-state index in [0.717, 1.165) is 24.4 Å². The predicted octanol–water partition coefficient (Wildman–Crippen LogP) is 2.25. The molecule has 2 aromatic rings. The first-order valence-electron chi connectivity index (χ1n) is 10.5. The highest BCUT2D eigenvalue weighted by atomic mass is 32.2. The Labute approximate surface area is 179 Å². The van der Waals surface area contributed by atoms with E-state index < -0.39 is 15.9 Å². The number of sulfone groups is 1. The van der Waals surface area contributed by atoms with E-state index in [4.69, 9.17) is 4.42 Å². The van der Waals surface area contributed by atoms with Crippen molar-refractivity contribution in [1.82, 2.24) is 15.1 Å². The van der Waals surface area contributed by atoms with Crippen LogP contribution >= 0.6 is 0 Å². The van der Waals surface area contributed by atoms with Gasteiger partial charge in [-0.05, 0) is 30.8 Å². The van der Waals surface area contributed by atoms with Gasteiger partial charge in [-0.25, -0.2) is 8.42 Å². The number of furan rings is 1. The lowest BCUT2D eigenvalue weighted by molar-refractivity contribution is -0.127. The summed E-state index contributed by atoms with van der Waals surface area (Å²) in [6.07, 6.45) is 1.65. The smallest absolute Gasteiger partial charge is 0.242 e. The minimum atomic E-state index is -3.02. The first kappa shape index (κ1) is 22.5. The number of carbonyl (C=O) groups is 1. The molecule has 1 aliphatic rings. The summed E-state index contributed by atoms with van der Waals surface area (Å²) >= 11 is 0. The molecule has 0 saturated carbocycles. The molecular formula is C22H31N3O4S. The minimum absolute atomic E-state index is 0.0582. The van der Waals surface area contributed by atoms with Gasteiger partial charge in [0.05, 0.1) is 23.8 Å². The van der Waals surface area contributed by atoms with Gasteiger partial charge in [-0.1, -0.05) is 44.2 Å². The molecule has 0 aliphatic carbocycles. The molecule has 0 spiro atoms. The molecule has 2 heterocycles. The monoisotopic (exact) mass is 433 g/mol. The number of benzene rings is 1. The number of rotatable bonds is 9. The fourth-order valence-electron chi connectivity index (χ4n) is 4.00. The molecule has 1 aromatic heterocycles. The summed E-state index contributed by atoms with van der Waals surface area (Å²) in [4.78, 5) is 17.5. The van der Waals surface area contributed by atoms with E-state index in [0.29, 0.717) is 19.6 Å². The van der Waals surface area contributed by atoms with E-state index in [1.54, 1.807) is 6.26 Å². The van der Waals surface area contributed by atoms with Crippen LogP contribution in [0, 0.1) is 0 Å². The minimum Gasteiger partial charge on any atom is -0.468 e. The summed E-state index contributed by atoms with van der Waals surface area (Å²) < 4.78 is 29.4. The molecule has 2 atom stereocenters. The van der Waals surface area contributed by atoms with Crippen LogP contribution in [0.3, 0.4) is 0 Å². The van der Waals surface area contributed by atoms with Crippen LogP contribution in [0.5, 0.6) is 0 Å². The summed E-state index contributed by atoms with van der Waals surface area (Å²) in [7, 11) is -3.02. The topological polar surface area (TPSA) is 82.9 Å². The van der Waals surface area contributed by atoms with E-state index in [1.807, 2.05) is 47.4 Å². The van der Waals surface area contributed by atoms with Gasteiger partial charge in [0.25, 0.3) is 0 Å². The second kappa shape index (κ2) is 10.2. The number of hydrogen-bond donors (Lipinski definition) is 1. The largest absolute Gasteiger partial charge is 0.468 e. The number of nitrogens with zero attached hydrogens (tertiary/aromatic N) is 2. The third-order valence-electron chi connectivity index (χ3n) is 5.70. The van der Waals surface area contributed by atoms with E-state index in [2.05, 4.69) is 24.1 Å². The number of nitrogens with one attached hydrogen (secondary N) is 1. The van der Waals surface area contributed by atoms with Gasteiger partial charge in [-0.15, -0.1) is 0 Å². The molecule has 1 amide bonds. The van der Waals surface area contributed by atoms with Crippen LogP contribution in [0.15, 0.2) is 53.1 Å². The first-order chi connectivity index (χ1) is 14.4. The van der Waals surface area contributed by atoms with Crippen LogP contribution in [-0.2, 0) is 14.6 Å². The molecule has 0 radical (unpaired) electrons. The van der Waals surface area contributed by atoms with Crippen molar-refractivity contribution in [2.45, 2.75) is 25.9 Å². The number of hydrogen-bond acceptors (Lipinski definition) is 6. The average molecular weight is 434 g/mol. The highest BCUT2D eigenvalue weighted by Crippen LogP contribution is 2.25. The molecule has 30 heavy (non-hydrogen) atoms. The van der Waals surface area contributed by atoms with Gasteiger partial charge >= 0.3 is 0 Å². The molecule has 1 aromatic carbocycles. The summed E-state index contributed by atoms with van der Waals surface area (Å²) in [5.74, 6) is 0.861. The molecule has 1 N–H and O–H groups in total. The van der Waals surface area contributed by atoms with Gasteiger partial charge < -0.3 is 9.73 Å². The Morgan fingerprint density at radius 3 is 2.33 bits per heavy atom. The Kier molecular flexibility index (Phi) is 7.69. The zero-order valence-corrected chi connectivity index (χ0v) is 18.5. The summed E-state index contributed by atoms with van der Waals surface area (Å²) in [6, 6.07) is 12.8. The highest BCUT2D eigenvalue weighted by Gasteiger charge is 2.33. The van der Waals surface area contributed by atoms with Crippen LogP contribution in [0.4, 0.5) is 0 Å². The second-order valence-corrected chi connectivity index (χ2v) is 9.80. The third-order valence-corrected chi connectivity index (χ3v) is 7.31. The van der Waals surface area contributed by atoms with Crippen molar-refractivity contribution in [3.8, 4) is 0 Å². The number of carbonyl (C=O) groups excluding carboxylic acids is 1. The molecule has 7 nitrogen and oxygen atoms in total. The Morgan fingerprint density at radius 1 is 1.10 bits per heavy atom. The van der Waals surface area contributed by atoms with Gasteiger partial charge in [-0.2, -0.15) is 0 Å². The Balaban J connectivity index is 1.77. The lowest BCUT2D eigenvalue weighted by Gasteiger charge is -2.34. The maximum atomic E-state index is 13.3. The third kappa shape index (κ3) is 5.50. The summed E-state index contributed by atoms with van der Waals surface area (Å²) in [5.41, 5.74) is 0.867. The van der Waals surface area contributed by atoms with Crippen LogP contribution in [0.2, 0.25) is 0 Å². The van der Waals surface area contributed by atoms with Crippen LogP contribution < -0.4 is 5.32 Å². The number of likely N-dealkylation sites (N-methyl/N-ethyl adjacent to an activating group) is 1. The van der Waals surface area contributed by atoms with E-state index in [9.17, 15) is 13.2 Å². The standard InChI is InChI=1S/C22H31N3O4S/c1-3-24(4-2)19(20-11-8-14-29-20)17-23-22(26)21(18-9-6-5-7-10-18)25-12-15-30(27,28)16-13-25/h5-11,14,19,21H,3-4,12-13,15-17H2,1-2H3,(H,23,26). The lowest BCUT2D eigenvalue weighted by atomic mass is 10.0. The average Bonchev–Trinajstić information content (AvgIpc) is 3.28. The van der Waals surface area contributed by atoms with Crippen molar-refractivity contribution in [3.63, 3.8) is 0 Å².